The molecule has 0 radical (unpaired) electrons. The Hall–Kier alpha value is -2.87. The van der Waals surface area contributed by atoms with Crippen LogP contribution in [0, 0.1) is 21.4 Å². The molecule has 0 aromatic heterocycles. The quantitative estimate of drug-likeness (QED) is 0.627. The second-order valence-corrected chi connectivity index (χ2v) is 4.24. The van der Waals surface area contributed by atoms with Gasteiger partial charge in [-0.15, -0.1) is 0 Å². The van der Waals surface area contributed by atoms with E-state index in [1.165, 1.54) is 12.1 Å². The monoisotopic (exact) mass is 268 g/mol. The lowest BCUT2D eigenvalue weighted by Gasteiger charge is -2.14. The molecule has 0 aliphatic rings. The fourth-order valence-electron chi connectivity index (χ4n) is 1.75. The summed E-state index contributed by atoms with van der Waals surface area (Å²) < 4.78 is 5.72. The Kier molecular flexibility index (Phi) is 3.96. The molecule has 0 aliphatic carbocycles. The summed E-state index contributed by atoms with van der Waals surface area (Å²) in [5.41, 5.74) is 1.47. The average Bonchev–Trinajstić information content (AvgIpc) is 2.48. The van der Waals surface area contributed by atoms with Crippen molar-refractivity contribution in [2.45, 2.75) is 13.0 Å². The van der Waals surface area contributed by atoms with Crippen LogP contribution in [0.15, 0.2) is 48.5 Å². The Labute approximate surface area is 116 Å². The predicted octanol–water partition coefficient (Wildman–Crippen LogP) is 3.61. The number of rotatable bonds is 4. The zero-order valence-electron chi connectivity index (χ0n) is 10.8. The van der Waals surface area contributed by atoms with Crippen LogP contribution in [0.3, 0.4) is 0 Å². The molecule has 2 aromatic carbocycles. The van der Waals surface area contributed by atoms with Gasteiger partial charge in [-0.1, -0.05) is 0 Å². The topological polar surface area (TPSA) is 76.2 Å². The van der Waals surface area contributed by atoms with E-state index in [0.29, 0.717) is 11.3 Å². The van der Waals surface area contributed by atoms with Gasteiger partial charge < -0.3 is 4.74 Å². The molecule has 0 N–H and O–H groups in total. The Morgan fingerprint density at radius 2 is 1.75 bits per heavy atom. The number of benzene rings is 2. The van der Waals surface area contributed by atoms with Crippen LogP contribution in [0.5, 0.6) is 5.75 Å². The van der Waals surface area contributed by atoms with Crippen molar-refractivity contribution < 1.29 is 9.66 Å². The summed E-state index contributed by atoms with van der Waals surface area (Å²) in [5, 5.41) is 19.3. The minimum Gasteiger partial charge on any atom is -0.486 e. The van der Waals surface area contributed by atoms with Crippen LogP contribution in [-0.2, 0) is 0 Å². The molecule has 0 saturated carbocycles. The molecular weight excluding hydrogens is 256 g/mol. The molecule has 5 heteroatoms. The highest BCUT2D eigenvalue weighted by Crippen LogP contribution is 2.23. The number of nitro benzene ring substituents is 1. The molecule has 5 nitrogen and oxygen atoms in total. The Morgan fingerprint density at radius 3 is 2.25 bits per heavy atom. The molecule has 1 unspecified atom stereocenters. The Balaban J connectivity index is 2.09. The van der Waals surface area contributed by atoms with Gasteiger partial charge in [-0.05, 0) is 48.9 Å². The first-order chi connectivity index (χ1) is 9.60. The molecular formula is C15H12N2O3. The van der Waals surface area contributed by atoms with Gasteiger partial charge in [0.15, 0.2) is 0 Å². The van der Waals surface area contributed by atoms with Gasteiger partial charge in [-0.2, -0.15) is 5.26 Å². The summed E-state index contributed by atoms with van der Waals surface area (Å²) in [6.07, 6.45) is -0.233. The standard InChI is InChI=1S/C15H12N2O3/c1-11(13-4-6-14(7-5-13)17(18)19)20-15-8-2-12(10-16)3-9-15/h2-9,11H,1H3. The van der Waals surface area contributed by atoms with E-state index in [0.717, 1.165) is 5.56 Å². The summed E-state index contributed by atoms with van der Waals surface area (Å²) in [6.45, 7) is 1.86. The summed E-state index contributed by atoms with van der Waals surface area (Å²) >= 11 is 0. The van der Waals surface area contributed by atoms with Gasteiger partial charge in [0.1, 0.15) is 11.9 Å². The minimum absolute atomic E-state index is 0.0549. The lowest BCUT2D eigenvalue weighted by Crippen LogP contribution is -2.03. The van der Waals surface area contributed by atoms with E-state index >= 15 is 0 Å². The third-order valence-corrected chi connectivity index (χ3v) is 2.87. The maximum atomic E-state index is 10.6. The molecule has 0 spiro atoms. The van der Waals surface area contributed by atoms with E-state index in [2.05, 4.69) is 0 Å². The second kappa shape index (κ2) is 5.85. The second-order valence-electron chi connectivity index (χ2n) is 4.24. The van der Waals surface area contributed by atoms with Gasteiger partial charge in [-0.25, -0.2) is 0 Å². The highest BCUT2D eigenvalue weighted by molar-refractivity contribution is 5.36. The van der Waals surface area contributed by atoms with Crippen LogP contribution in [-0.4, -0.2) is 4.92 Å². The molecule has 0 saturated heterocycles. The third kappa shape index (κ3) is 3.12. The summed E-state index contributed by atoms with van der Waals surface area (Å²) in [4.78, 5) is 10.1. The molecule has 0 amide bonds. The molecule has 0 heterocycles. The molecule has 2 rings (SSSR count). The molecule has 0 bridgehead atoms. The van der Waals surface area contributed by atoms with Crippen molar-refractivity contribution in [2.24, 2.45) is 0 Å². The van der Waals surface area contributed by atoms with E-state index in [-0.39, 0.29) is 11.8 Å². The van der Waals surface area contributed by atoms with Gasteiger partial charge in [-0.3, -0.25) is 10.1 Å². The van der Waals surface area contributed by atoms with E-state index in [1.54, 1.807) is 36.4 Å². The van der Waals surface area contributed by atoms with Crippen LogP contribution in [0.25, 0.3) is 0 Å². The zero-order chi connectivity index (χ0) is 14.5. The number of nitro groups is 1. The minimum atomic E-state index is -0.435. The number of hydrogen-bond donors (Lipinski definition) is 0. The van der Waals surface area contributed by atoms with E-state index in [9.17, 15) is 10.1 Å². The Morgan fingerprint density at radius 1 is 1.15 bits per heavy atom. The first-order valence-corrected chi connectivity index (χ1v) is 6.01. The van der Waals surface area contributed by atoms with Crippen molar-refractivity contribution in [1.29, 1.82) is 5.26 Å². The maximum Gasteiger partial charge on any atom is 0.269 e. The van der Waals surface area contributed by atoms with Gasteiger partial charge in [0.2, 0.25) is 0 Å². The molecule has 1 atom stereocenters. The van der Waals surface area contributed by atoms with Crippen molar-refractivity contribution in [3.8, 4) is 11.8 Å². The van der Waals surface area contributed by atoms with Gasteiger partial charge in [0, 0.05) is 12.1 Å². The van der Waals surface area contributed by atoms with E-state index in [4.69, 9.17) is 10.00 Å². The van der Waals surface area contributed by atoms with E-state index in [1.807, 2.05) is 13.0 Å². The van der Waals surface area contributed by atoms with Crippen molar-refractivity contribution in [1.82, 2.24) is 0 Å². The van der Waals surface area contributed by atoms with Crippen LogP contribution < -0.4 is 4.74 Å². The lowest BCUT2D eigenvalue weighted by molar-refractivity contribution is -0.384. The highest BCUT2D eigenvalue weighted by atomic mass is 16.6. The Bertz CT molecular complexity index is 642. The number of ether oxygens (including phenoxy) is 1. The van der Waals surface area contributed by atoms with Crippen molar-refractivity contribution >= 4 is 5.69 Å². The van der Waals surface area contributed by atoms with Crippen LogP contribution in [0.4, 0.5) is 5.69 Å². The first kappa shape index (κ1) is 13.6. The molecule has 100 valence electrons. The fraction of sp³-hybridized carbons (Fsp3) is 0.133. The van der Waals surface area contributed by atoms with E-state index < -0.39 is 4.92 Å². The van der Waals surface area contributed by atoms with Gasteiger partial charge in [0.25, 0.3) is 5.69 Å². The largest absolute Gasteiger partial charge is 0.486 e. The van der Waals surface area contributed by atoms with Crippen LogP contribution >= 0.6 is 0 Å². The normalized spacial score (nSPS) is 11.4. The van der Waals surface area contributed by atoms with Gasteiger partial charge in [0.05, 0.1) is 16.6 Å². The number of nitrogens with zero attached hydrogens (tertiary/aromatic N) is 2. The van der Waals surface area contributed by atoms with Crippen molar-refractivity contribution in [2.75, 3.05) is 0 Å². The number of non-ortho nitro benzene ring substituents is 1. The molecule has 0 fully saturated rings. The molecule has 0 aliphatic heterocycles. The summed E-state index contributed by atoms with van der Waals surface area (Å²) in [5.74, 6) is 0.648. The fourth-order valence-corrected chi connectivity index (χ4v) is 1.75. The van der Waals surface area contributed by atoms with Crippen LogP contribution in [0.2, 0.25) is 0 Å². The lowest BCUT2D eigenvalue weighted by atomic mass is 10.1. The SMILES string of the molecule is CC(Oc1ccc(C#N)cc1)c1ccc([N+](=O)[O-])cc1. The first-order valence-electron chi connectivity index (χ1n) is 6.01. The smallest absolute Gasteiger partial charge is 0.269 e. The van der Waals surface area contributed by atoms with Crippen molar-refractivity contribution in [3.05, 3.63) is 69.8 Å². The molecule has 20 heavy (non-hydrogen) atoms. The summed E-state index contributed by atoms with van der Waals surface area (Å²) in [7, 11) is 0. The van der Waals surface area contributed by atoms with Crippen LogP contribution in [0.1, 0.15) is 24.2 Å². The summed E-state index contributed by atoms with van der Waals surface area (Å²) in [6, 6.07) is 15.1. The predicted molar refractivity (Wildman–Crippen MR) is 73.3 cm³/mol. The van der Waals surface area contributed by atoms with Crippen molar-refractivity contribution in [3.63, 3.8) is 0 Å². The number of hydrogen-bond acceptors (Lipinski definition) is 4. The zero-order valence-corrected chi connectivity index (χ0v) is 10.8. The van der Waals surface area contributed by atoms with Gasteiger partial charge >= 0.3 is 0 Å². The maximum absolute atomic E-state index is 10.6. The average molecular weight is 268 g/mol. The highest BCUT2D eigenvalue weighted by Gasteiger charge is 2.10. The number of nitriles is 1. The molecule has 2 aromatic rings. The third-order valence-electron chi connectivity index (χ3n) is 2.87.